The Morgan fingerprint density at radius 3 is 2.50 bits per heavy atom. The molecule has 6 nitrogen and oxygen atoms in total. The third kappa shape index (κ3) is 3.75. The molecule has 0 spiro atoms. The number of fused-ring (bicyclic) bond motifs is 1. The Hall–Kier alpha value is -3.71. The Kier molecular flexibility index (Phi) is 5.10. The molecule has 2 aromatic carbocycles. The maximum absolute atomic E-state index is 5.79. The van der Waals surface area contributed by atoms with E-state index < -0.39 is 0 Å². The molecule has 148 valence electrons. The summed E-state index contributed by atoms with van der Waals surface area (Å²) >= 11 is 1.64. The van der Waals surface area contributed by atoms with Gasteiger partial charge in [-0.05, 0) is 23.6 Å². The molecule has 0 aliphatic rings. The number of rotatable bonds is 7. The lowest BCUT2D eigenvalue weighted by Crippen LogP contribution is -2.13. The van der Waals surface area contributed by atoms with Crippen molar-refractivity contribution in [3.05, 3.63) is 83.8 Å². The normalized spacial score (nSPS) is 10.9. The minimum absolute atomic E-state index is 0.515. The number of aromatic nitrogens is 4. The summed E-state index contributed by atoms with van der Waals surface area (Å²) in [7, 11) is 0. The van der Waals surface area contributed by atoms with Crippen molar-refractivity contribution in [3.63, 3.8) is 0 Å². The fourth-order valence-corrected chi connectivity index (χ4v) is 3.81. The topological polar surface area (TPSA) is 64.9 Å². The number of hydrogen-bond donors (Lipinski definition) is 1. The molecule has 0 bridgehead atoms. The number of anilines is 1. The molecule has 3 aromatic heterocycles. The van der Waals surface area contributed by atoms with Crippen LogP contribution in [0.1, 0.15) is 0 Å². The highest BCUT2D eigenvalue weighted by Crippen LogP contribution is 2.26. The molecule has 0 aliphatic carbocycles. The Labute approximate surface area is 177 Å². The molecule has 0 atom stereocenters. The molecule has 1 N–H and O–H groups in total. The summed E-state index contributed by atoms with van der Waals surface area (Å²) in [5.41, 5.74) is 3.51. The summed E-state index contributed by atoms with van der Waals surface area (Å²) < 4.78 is 7.78. The van der Waals surface area contributed by atoms with E-state index in [0.29, 0.717) is 24.8 Å². The lowest BCUT2D eigenvalue weighted by Gasteiger charge is -2.10. The van der Waals surface area contributed by atoms with Crippen molar-refractivity contribution in [2.75, 3.05) is 18.5 Å². The van der Waals surface area contributed by atoms with Crippen molar-refractivity contribution in [2.24, 2.45) is 0 Å². The van der Waals surface area contributed by atoms with Gasteiger partial charge in [0.2, 0.25) is 0 Å². The molecule has 0 aliphatic heterocycles. The zero-order valence-corrected chi connectivity index (χ0v) is 16.9. The average Bonchev–Trinajstić information content (AvgIpc) is 3.47. The standard InChI is InChI=1S/C23H19N5OS/c1-3-7-17(8-4-1)21-26-22(24-12-13-29-19-9-5-2-6-10-19)20-23(27-21)28(16-25-20)18-11-14-30-15-18/h1-11,14-16H,12-13H2,(H,24,26,27). The highest BCUT2D eigenvalue weighted by atomic mass is 32.1. The van der Waals surface area contributed by atoms with Crippen LogP contribution in [0.15, 0.2) is 83.8 Å². The first-order chi connectivity index (χ1) is 14.9. The maximum atomic E-state index is 5.79. The van der Waals surface area contributed by atoms with Crippen molar-refractivity contribution in [1.82, 2.24) is 19.5 Å². The van der Waals surface area contributed by atoms with Crippen molar-refractivity contribution >= 4 is 28.3 Å². The number of nitrogens with one attached hydrogen (secondary N) is 1. The van der Waals surface area contributed by atoms with Gasteiger partial charge >= 0.3 is 0 Å². The summed E-state index contributed by atoms with van der Waals surface area (Å²) in [4.78, 5) is 14.2. The molecule has 5 aromatic rings. The van der Waals surface area contributed by atoms with Gasteiger partial charge in [0.15, 0.2) is 22.8 Å². The van der Waals surface area contributed by atoms with Crippen LogP contribution in [-0.2, 0) is 0 Å². The molecule has 0 unspecified atom stereocenters. The second-order valence-electron chi connectivity index (χ2n) is 6.62. The summed E-state index contributed by atoms with van der Waals surface area (Å²) in [5.74, 6) is 2.20. The number of nitrogens with zero attached hydrogens (tertiary/aromatic N) is 4. The predicted octanol–water partition coefficient (Wildman–Crippen LogP) is 5.03. The van der Waals surface area contributed by atoms with Gasteiger partial charge in [-0.15, -0.1) is 0 Å². The fourth-order valence-electron chi connectivity index (χ4n) is 3.18. The van der Waals surface area contributed by atoms with E-state index in [1.807, 2.05) is 70.6 Å². The van der Waals surface area contributed by atoms with Gasteiger partial charge in [-0.1, -0.05) is 48.5 Å². The smallest absolute Gasteiger partial charge is 0.170 e. The van der Waals surface area contributed by atoms with Gasteiger partial charge in [-0.3, -0.25) is 4.57 Å². The summed E-state index contributed by atoms with van der Waals surface area (Å²) in [6, 6.07) is 21.8. The van der Waals surface area contributed by atoms with Gasteiger partial charge in [0.1, 0.15) is 18.7 Å². The maximum Gasteiger partial charge on any atom is 0.170 e. The van der Waals surface area contributed by atoms with Crippen LogP contribution in [0.4, 0.5) is 5.82 Å². The number of ether oxygens (including phenoxy) is 1. The van der Waals surface area contributed by atoms with E-state index in [2.05, 4.69) is 21.7 Å². The SMILES string of the molecule is c1ccc(OCCNc2nc(-c3ccccc3)nc3c2ncn3-c2ccsc2)cc1. The second-order valence-corrected chi connectivity index (χ2v) is 7.40. The van der Waals surface area contributed by atoms with E-state index in [9.17, 15) is 0 Å². The average molecular weight is 414 g/mol. The highest BCUT2D eigenvalue weighted by molar-refractivity contribution is 7.08. The van der Waals surface area contributed by atoms with Crippen LogP contribution in [0.5, 0.6) is 5.75 Å². The minimum Gasteiger partial charge on any atom is -0.492 e. The van der Waals surface area contributed by atoms with Crippen molar-refractivity contribution in [2.45, 2.75) is 0 Å². The van der Waals surface area contributed by atoms with E-state index in [-0.39, 0.29) is 0 Å². The third-order valence-electron chi connectivity index (χ3n) is 4.62. The summed E-state index contributed by atoms with van der Waals surface area (Å²) in [5, 5.41) is 7.50. The molecular formula is C23H19N5OS. The molecule has 0 saturated heterocycles. The van der Waals surface area contributed by atoms with Crippen molar-refractivity contribution < 1.29 is 4.74 Å². The molecule has 0 amide bonds. The van der Waals surface area contributed by atoms with Crippen molar-refractivity contribution in [3.8, 4) is 22.8 Å². The van der Waals surface area contributed by atoms with Gasteiger partial charge in [0.25, 0.3) is 0 Å². The van der Waals surface area contributed by atoms with Crippen LogP contribution < -0.4 is 10.1 Å². The first kappa shape index (κ1) is 18.3. The second kappa shape index (κ2) is 8.34. The molecule has 30 heavy (non-hydrogen) atoms. The molecular weight excluding hydrogens is 394 g/mol. The highest BCUT2D eigenvalue weighted by Gasteiger charge is 2.15. The molecule has 5 rings (SSSR count). The van der Waals surface area contributed by atoms with E-state index in [1.165, 1.54) is 0 Å². The Morgan fingerprint density at radius 2 is 1.73 bits per heavy atom. The number of hydrogen-bond acceptors (Lipinski definition) is 6. The van der Waals surface area contributed by atoms with Crippen LogP contribution in [0, 0.1) is 0 Å². The molecule has 3 heterocycles. The Morgan fingerprint density at radius 1 is 0.933 bits per heavy atom. The van der Waals surface area contributed by atoms with Crippen LogP contribution in [0.2, 0.25) is 0 Å². The third-order valence-corrected chi connectivity index (χ3v) is 5.29. The van der Waals surface area contributed by atoms with Gasteiger partial charge < -0.3 is 10.1 Å². The van der Waals surface area contributed by atoms with Crippen LogP contribution in [-0.4, -0.2) is 32.7 Å². The number of benzene rings is 2. The predicted molar refractivity (Wildman–Crippen MR) is 120 cm³/mol. The zero-order valence-electron chi connectivity index (χ0n) is 16.1. The molecule has 0 radical (unpaired) electrons. The largest absolute Gasteiger partial charge is 0.492 e. The molecule has 0 fully saturated rings. The Balaban J connectivity index is 1.46. The fraction of sp³-hybridized carbons (Fsp3) is 0.0870. The monoisotopic (exact) mass is 413 g/mol. The lowest BCUT2D eigenvalue weighted by molar-refractivity contribution is 0.333. The van der Waals surface area contributed by atoms with E-state index >= 15 is 0 Å². The van der Waals surface area contributed by atoms with Crippen LogP contribution in [0.3, 0.4) is 0 Å². The van der Waals surface area contributed by atoms with Gasteiger partial charge in [-0.25, -0.2) is 15.0 Å². The number of thiophene rings is 1. The lowest BCUT2D eigenvalue weighted by atomic mass is 10.2. The zero-order chi connectivity index (χ0) is 20.2. The van der Waals surface area contributed by atoms with Gasteiger partial charge in [0.05, 0.1) is 12.2 Å². The summed E-state index contributed by atoms with van der Waals surface area (Å²) in [6.45, 7) is 1.11. The number of para-hydroxylation sites is 1. The summed E-state index contributed by atoms with van der Waals surface area (Å²) in [6.07, 6.45) is 1.79. The van der Waals surface area contributed by atoms with E-state index in [1.54, 1.807) is 17.7 Å². The van der Waals surface area contributed by atoms with Crippen LogP contribution >= 0.6 is 11.3 Å². The van der Waals surface area contributed by atoms with Gasteiger partial charge in [-0.2, -0.15) is 11.3 Å². The van der Waals surface area contributed by atoms with Gasteiger partial charge in [0, 0.05) is 10.9 Å². The van der Waals surface area contributed by atoms with E-state index in [4.69, 9.17) is 14.7 Å². The van der Waals surface area contributed by atoms with E-state index in [0.717, 1.165) is 28.2 Å². The number of imidazole rings is 1. The molecule has 0 saturated carbocycles. The minimum atomic E-state index is 0.515. The Bertz CT molecular complexity index is 1240. The quantitative estimate of drug-likeness (QED) is 0.379. The van der Waals surface area contributed by atoms with Crippen molar-refractivity contribution in [1.29, 1.82) is 0 Å². The first-order valence-electron chi connectivity index (χ1n) is 9.63. The first-order valence-corrected chi connectivity index (χ1v) is 10.6. The van der Waals surface area contributed by atoms with Crippen LogP contribution in [0.25, 0.3) is 28.2 Å². The molecule has 7 heteroatoms.